The highest BCUT2D eigenvalue weighted by Gasteiger charge is 2.16. The van der Waals surface area contributed by atoms with Crippen LogP contribution in [0.1, 0.15) is 5.69 Å². The Hall–Kier alpha value is -1.11. The van der Waals surface area contributed by atoms with Gasteiger partial charge in [-0.15, -0.1) is 11.3 Å². The fourth-order valence-electron chi connectivity index (χ4n) is 1.58. The van der Waals surface area contributed by atoms with Crippen LogP contribution in [-0.2, 0) is 6.61 Å². The Bertz CT molecular complexity index is 570. The van der Waals surface area contributed by atoms with Crippen LogP contribution in [0.2, 0.25) is 0 Å². The van der Waals surface area contributed by atoms with Crippen molar-refractivity contribution in [2.24, 2.45) is 0 Å². The van der Waals surface area contributed by atoms with Gasteiger partial charge in [-0.3, -0.25) is 0 Å². The molecular weight excluding hydrogens is 306 g/mol. The summed E-state index contributed by atoms with van der Waals surface area (Å²) in [4.78, 5) is 4.35. The first-order chi connectivity index (χ1) is 8.28. The van der Waals surface area contributed by atoms with Crippen LogP contribution in [0.15, 0.2) is 22.0 Å². The van der Waals surface area contributed by atoms with Gasteiger partial charge in [0.25, 0.3) is 0 Å². The number of benzene rings is 1. The van der Waals surface area contributed by atoms with E-state index in [0.717, 1.165) is 25.9 Å². The normalized spacial score (nSPS) is 13.1. The molecule has 6 heteroatoms. The number of hydrogen-bond acceptors (Lipinski definition) is 5. The summed E-state index contributed by atoms with van der Waals surface area (Å²) >= 11 is 4.86. The van der Waals surface area contributed by atoms with Crippen molar-refractivity contribution in [3.63, 3.8) is 0 Å². The molecule has 3 rings (SSSR count). The number of halogens is 1. The SMILES string of the molecule is OCc1nc(-c2ccc3c(c2)OCO3)sc1Br. The largest absolute Gasteiger partial charge is 0.454 e. The van der Waals surface area contributed by atoms with Crippen LogP contribution in [0.25, 0.3) is 10.6 Å². The summed E-state index contributed by atoms with van der Waals surface area (Å²) in [7, 11) is 0. The quantitative estimate of drug-likeness (QED) is 0.926. The van der Waals surface area contributed by atoms with Crippen molar-refractivity contribution >= 4 is 27.3 Å². The molecule has 1 aliphatic heterocycles. The van der Waals surface area contributed by atoms with Gasteiger partial charge in [0, 0.05) is 5.56 Å². The van der Waals surface area contributed by atoms with Gasteiger partial charge in [-0.25, -0.2) is 4.98 Å². The van der Waals surface area contributed by atoms with Crippen LogP contribution in [0.5, 0.6) is 11.5 Å². The maximum absolute atomic E-state index is 9.10. The van der Waals surface area contributed by atoms with Crippen molar-refractivity contribution in [1.29, 1.82) is 0 Å². The predicted molar refractivity (Wildman–Crippen MR) is 67.3 cm³/mol. The zero-order chi connectivity index (χ0) is 11.8. The Morgan fingerprint density at radius 2 is 2.18 bits per heavy atom. The second-order valence-corrected chi connectivity index (χ2v) is 5.78. The zero-order valence-corrected chi connectivity index (χ0v) is 11.0. The molecule has 1 aromatic heterocycles. The predicted octanol–water partition coefficient (Wildman–Crippen LogP) is 2.79. The maximum Gasteiger partial charge on any atom is 0.231 e. The van der Waals surface area contributed by atoms with Gasteiger partial charge >= 0.3 is 0 Å². The molecular formula is C11H8BrNO3S. The molecule has 17 heavy (non-hydrogen) atoms. The molecule has 2 aromatic rings. The molecule has 1 N–H and O–H groups in total. The smallest absolute Gasteiger partial charge is 0.231 e. The van der Waals surface area contributed by atoms with E-state index in [2.05, 4.69) is 20.9 Å². The number of aromatic nitrogens is 1. The number of nitrogens with zero attached hydrogens (tertiary/aromatic N) is 1. The number of fused-ring (bicyclic) bond motifs is 1. The Morgan fingerprint density at radius 3 is 2.94 bits per heavy atom. The third-order valence-electron chi connectivity index (χ3n) is 2.42. The molecule has 0 unspecified atom stereocenters. The molecule has 4 nitrogen and oxygen atoms in total. The summed E-state index contributed by atoms with van der Waals surface area (Å²) in [6, 6.07) is 5.69. The van der Waals surface area contributed by atoms with Gasteiger partial charge in [0.2, 0.25) is 6.79 Å². The van der Waals surface area contributed by atoms with Crippen molar-refractivity contribution < 1.29 is 14.6 Å². The number of hydrogen-bond donors (Lipinski definition) is 1. The van der Waals surface area contributed by atoms with Gasteiger partial charge in [-0.05, 0) is 34.1 Å². The summed E-state index contributed by atoms with van der Waals surface area (Å²) in [5.74, 6) is 1.49. The van der Waals surface area contributed by atoms with Crippen molar-refractivity contribution in [1.82, 2.24) is 4.98 Å². The molecule has 0 atom stereocenters. The lowest BCUT2D eigenvalue weighted by molar-refractivity contribution is 0.174. The Morgan fingerprint density at radius 1 is 1.35 bits per heavy atom. The first kappa shape index (κ1) is 11.0. The number of aliphatic hydroxyl groups excluding tert-OH is 1. The number of thiazole rings is 1. The van der Waals surface area contributed by atoms with E-state index in [0.29, 0.717) is 5.69 Å². The lowest BCUT2D eigenvalue weighted by atomic mass is 10.2. The fourth-order valence-corrected chi connectivity index (χ4v) is 3.06. The minimum absolute atomic E-state index is 0.0678. The van der Waals surface area contributed by atoms with Crippen LogP contribution < -0.4 is 9.47 Å². The molecule has 2 heterocycles. The zero-order valence-electron chi connectivity index (χ0n) is 8.64. The lowest BCUT2D eigenvalue weighted by Gasteiger charge is -1.98. The fraction of sp³-hybridized carbons (Fsp3) is 0.182. The van der Waals surface area contributed by atoms with Gasteiger partial charge in [0.15, 0.2) is 11.5 Å². The Kier molecular flexibility index (Phi) is 2.78. The summed E-state index contributed by atoms with van der Waals surface area (Å²) in [5, 5.41) is 9.95. The second kappa shape index (κ2) is 4.29. The maximum atomic E-state index is 9.10. The number of ether oxygens (including phenoxy) is 2. The van der Waals surface area contributed by atoms with Gasteiger partial charge in [-0.1, -0.05) is 0 Å². The number of rotatable bonds is 2. The first-order valence-corrected chi connectivity index (χ1v) is 6.55. The summed E-state index contributed by atoms with van der Waals surface area (Å²) in [6.07, 6.45) is 0. The van der Waals surface area contributed by atoms with E-state index in [-0.39, 0.29) is 13.4 Å². The third-order valence-corrected chi connectivity index (χ3v) is 4.30. The van der Waals surface area contributed by atoms with Crippen molar-refractivity contribution in [2.45, 2.75) is 6.61 Å². The van der Waals surface area contributed by atoms with Crippen LogP contribution in [0.4, 0.5) is 0 Å². The highest BCUT2D eigenvalue weighted by molar-refractivity contribution is 9.11. The molecule has 0 saturated heterocycles. The van der Waals surface area contributed by atoms with E-state index >= 15 is 0 Å². The average Bonchev–Trinajstić information content (AvgIpc) is 2.93. The monoisotopic (exact) mass is 313 g/mol. The molecule has 0 amide bonds. The molecule has 0 radical (unpaired) electrons. The topological polar surface area (TPSA) is 51.6 Å². The molecule has 88 valence electrons. The molecule has 0 aliphatic carbocycles. The summed E-state index contributed by atoms with van der Waals surface area (Å²) in [5.41, 5.74) is 1.61. The lowest BCUT2D eigenvalue weighted by Crippen LogP contribution is -1.92. The standard InChI is InChI=1S/C11H8BrNO3S/c12-10-7(4-14)13-11(17-10)6-1-2-8-9(3-6)16-5-15-8/h1-3,14H,4-5H2. The van der Waals surface area contributed by atoms with E-state index in [1.165, 1.54) is 11.3 Å². The van der Waals surface area contributed by atoms with E-state index in [4.69, 9.17) is 14.6 Å². The first-order valence-electron chi connectivity index (χ1n) is 4.94. The molecule has 0 saturated carbocycles. The molecule has 0 spiro atoms. The molecule has 0 bridgehead atoms. The molecule has 0 fully saturated rings. The van der Waals surface area contributed by atoms with Gasteiger partial charge in [0.1, 0.15) is 5.01 Å². The Labute approximate surface area is 110 Å². The molecule has 1 aliphatic rings. The van der Waals surface area contributed by atoms with Crippen LogP contribution in [-0.4, -0.2) is 16.9 Å². The van der Waals surface area contributed by atoms with Gasteiger partial charge in [0.05, 0.1) is 16.1 Å². The second-order valence-electron chi connectivity index (χ2n) is 3.47. The number of aliphatic hydroxyl groups is 1. The highest BCUT2D eigenvalue weighted by atomic mass is 79.9. The van der Waals surface area contributed by atoms with Crippen LogP contribution >= 0.6 is 27.3 Å². The van der Waals surface area contributed by atoms with Crippen molar-refractivity contribution in [2.75, 3.05) is 6.79 Å². The Balaban J connectivity index is 2.03. The van der Waals surface area contributed by atoms with Crippen LogP contribution in [0, 0.1) is 0 Å². The van der Waals surface area contributed by atoms with Crippen molar-refractivity contribution in [3.05, 3.63) is 27.7 Å². The average molecular weight is 314 g/mol. The highest BCUT2D eigenvalue weighted by Crippen LogP contribution is 2.38. The molecule has 1 aromatic carbocycles. The van der Waals surface area contributed by atoms with Crippen molar-refractivity contribution in [3.8, 4) is 22.1 Å². The van der Waals surface area contributed by atoms with E-state index < -0.39 is 0 Å². The summed E-state index contributed by atoms with van der Waals surface area (Å²) in [6.45, 7) is 0.198. The minimum Gasteiger partial charge on any atom is -0.454 e. The van der Waals surface area contributed by atoms with Crippen LogP contribution in [0.3, 0.4) is 0 Å². The summed E-state index contributed by atoms with van der Waals surface area (Å²) < 4.78 is 11.4. The third kappa shape index (κ3) is 1.92. The van der Waals surface area contributed by atoms with E-state index in [1.807, 2.05) is 18.2 Å². The minimum atomic E-state index is -0.0678. The van der Waals surface area contributed by atoms with E-state index in [9.17, 15) is 0 Å². The van der Waals surface area contributed by atoms with Gasteiger partial charge < -0.3 is 14.6 Å². The van der Waals surface area contributed by atoms with Gasteiger partial charge in [-0.2, -0.15) is 0 Å². The van der Waals surface area contributed by atoms with E-state index in [1.54, 1.807) is 0 Å².